The van der Waals surface area contributed by atoms with E-state index in [2.05, 4.69) is 13.5 Å². The fourth-order valence-electron chi connectivity index (χ4n) is 2.22. The van der Waals surface area contributed by atoms with Crippen molar-refractivity contribution in [3.05, 3.63) is 12.2 Å². The smallest absolute Gasteiger partial charge is 0.335 e. The maximum Gasteiger partial charge on any atom is 0.335 e. The van der Waals surface area contributed by atoms with Crippen LogP contribution in [0.3, 0.4) is 0 Å². The number of rotatable bonds is 12. The fourth-order valence-corrected chi connectivity index (χ4v) is 4.42. The molecule has 0 heterocycles. The van der Waals surface area contributed by atoms with Gasteiger partial charge in [0.2, 0.25) is 5.41 Å². The van der Waals surface area contributed by atoms with Gasteiger partial charge >= 0.3 is 5.97 Å². The Bertz CT molecular complexity index is 319. The first-order chi connectivity index (χ1) is 9.93. The molecule has 0 aromatic rings. The van der Waals surface area contributed by atoms with E-state index in [9.17, 15) is 4.79 Å². The van der Waals surface area contributed by atoms with Gasteiger partial charge in [-0.1, -0.05) is 38.8 Å². The van der Waals surface area contributed by atoms with E-state index in [4.69, 9.17) is 14.2 Å². The van der Waals surface area contributed by atoms with E-state index in [0.29, 0.717) is 18.8 Å². The molecule has 0 aromatic carbocycles. The lowest BCUT2D eigenvalue weighted by molar-refractivity contribution is -0.228. The molecule has 0 fully saturated rings. The van der Waals surface area contributed by atoms with Gasteiger partial charge in [0.25, 0.3) is 0 Å². The van der Waals surface area contributed by atoms with Gasteiger partial charge in [-0.3, -0.25) is 0 Å². The van der Waals surface area contributed by atoms with Gasteiger partial charge in [0.05, 0.1) is 0 Å². The third-order valence-corrected chi connectivity index (χ3v) is 5.89. The lowest BCUT2D eigenvalue weighted by Gasteiger charge is -2.38. The molecule has 0 aromatic heterocycles. The van der Waals surface area contributed by atoms with Crippen LogP contribution in [0.4, 0.5) is 0 Å². The molecule has 2 atom stereocenters. The molecule has 4 nitrogen and oxygen atoms in total. The van der Waals surface area contributed by atoms with Crippen molar-refractivity contribution in [2.24, 2.45) is 0 Å². The van der Waals surface area contributed by atoms with E-state index in [-0.39, 0.29) is 6.10 Å². The Balaban J connectivity index is 5.02. The van der Waals surface area contributed by atoms with Crippen LogP contribution < -0.4 is 0 Å². The second-order valence-electron chi connectivity index (χ2n) is 5.32. The Morgan fingerprint density at radius 1 is 1.24 bits per heavy atom. The lowest BCUT2D eigenvalue weighted by Crippen LogP contribution is -2.53. The monoisotopic (exact) mass is 316 g/mol. The van der Waals surface area contributed by atoms with Crippen LogP contribution in [0.2, 0.25) is 6.04 Å². The van der Waals surface area contributed by atoms with Gasteiger partial charge in [-0.05, 0) is 27.7 Å². The average Bonchev–Trinajstić information content (AvgIpc) is 2.43. The molecular weight excluding hydrogens is 284 g/mol. The van der Waals surface area contributed by atoms with Gasteiger partial charge in [0.15, 0.2) is 0 Å². The fraction of sp³-hybridized carbons (Fsp3) is 0.812. The molecule has 2 unspecified atom stereocenters. The van der Waals surface area contributed by atoms with Crippen molar-refractivity contribution in [3.8, 4) is 0 Å². The molecule has 0 rings (SSSR count). The zero-order chi connectivity index (χ0) is 16.3. The number of ether oxygens (including phenoxy) is 3. The first-order valence-electron chi connectivity index (χ1n) is 8.07. The molecule has 0 aliphatic heterocycles. The summed E-state index contributed by atoms with van der Waals surface area (Å²) in [7, 11) is -0.787. The Hall–Kier alpha value is -0.653. The molecule has 0 spiro atoms. The highest BCUT2D eigenvalue weighted by atomic mass is 28.2. The van der Waals surface area contributed by atoms with Crippen LogP contribution in [0.1, 0.15) is 53.9 Å². The summed E-state index contributed by atoms with van der Waals surface area (Å²) in [5.41, 5.74) is -0.487. The third-order valence-electron chi connectivity index (χ3n) is 3.42. The Kier molecular flexibility index (Phi) is 10.6. The molecule has 124 valence electrons. The summed E-state index contributed by atoms with van der Waals surface area (Å²) in [6.07, 6.45) is 3.29. The van der Waals surface area contributed by atoms with Crippen molar-refractivity contribution in [1.82, 2.24) is 0 Å². The molecule has 0 N–H and O–H groups in total. The number of hydrogen-bond acceptors (Lipinski definition) is 4. The van der Waals surface area contributed by atoms with Gasteiger partial charge in [0.1, 0.15) is 15.6 Å². The van der Waals surface area contributed by atoms with Crippen molar-refractivity contribution < 1.29 is 19.0 Å². The maximum absolute atomic E-state index is 12.0. The second kappa shape index (κ2) is 11.0. The minimum Gasteiger partial charge on any atom is -0.432 e. The van der Waals surface area contributed by atoms with Crippen molar-refractivity contribution in [3.63, 3.8) is 0 Å². The van der Waals surface area contributed by atoms with Crippen molar-refractivity contribution in [1.29, 1.82) is 0 Å². The van der Waals surface area contributed by atoms with Gasteiger partial charge in [-0.15, -0.1) is 0 Å². The molecule has 0 radical (unpaired) electrons. The minimum absolute atomic E-state index is 0.251. The summed E-state index contributed by atoms with van der Waals surface area (Å²) < 4.78 is 17.3. The Morgan fingerprint density at radius 2 is 1.90 bits per heavy atom. The first-order valence-corrected chi connectivity index (χ1v) is 9.78. The topological polar surface area (TPSA) is 44.8 Å². The largest absolute Gasteiger partial charge is 0.432 e. The predicted molar refractivity (Wildman–Crippen MR) is 89.2 cm³/mol. The predicted octanol–water partition coefficient (Wildman–Crippen LogP) is 3.00. The van der Waals surface area contributed by atoms with Gasteiger partial charge < -0.3 is 14.2 Å². The molecule has 0 aliphatic rings. The summed E-state index contributed by atoms with van der Waals surface area (Å²) in [4.78, 5) is 12.0. The highest BCUT2D eigenvalue weighted by Gasteiger charge is 2.41. The first kappa shape index (κ1) is 20.3. The number of unbranched alkanes of at least 4 members (excludes halogenated alkanes) is 2. The van der Waals surface area contributed by atoms with Crippen LogP contribution in [0, 0.1) is 0 Å². The summed E-state index contributed by atoms with van der Waals surface area (Å²) >= 11 is 0. The average molecular weight is 317 g/mol. The number of hydrogen-bond donors (Lipinski definition) is 0. The summed E-state index contributed by atoms with van der Waals surface area (Å²) in [6.45, 7) is 14.4. The van der Waals surface area contributed by atoms with Gasteiger partial charge in [-0.25, -0.2) is 4.79 Å². The van der Waals surface area contributed by atoms with E-state index >= 15 is 0 Å². The zero-order valence-corrected chi connectivity index (χ0v) is 15.8. The van der Waals surface area contributed by atoms with E-state index in [1.807, 2.05) is 20.8 Å². The molecule has 0 amide bonds. The minimum atomic E-state index is -0.880. The van der Waals surface area contributed by atoms with E-state index < -0.39 is 20.9 Å². The number of carbonyl (C=O) groups excluding carboxylic acids is 1. The van der Waals surface area contributed by atoms with Crippen molar-refractivity contribution in [2.45, 2.75) is 71.4 Å². The highest BCUT2D eigenvalue weighted by Crippen LogP contribution is 2.24. The number of esters is 1. The van der Waals surface area contributed by atoms with Crippen LogP contribution in [-0.4, -0.2) is 40.2 Å². The standard InChI is InChI=1S/C16H32O4Si/c1-7-10-11-12-21-16(19-9-3,14(6)18-8-2)20-15(17)13(4)5/h14H,4,7-12,21H2,1-3,5-6H3. The molecule has 0 aliphatic carbocycles. The van der Waals surface area contributed by atoms with Crippen molar-refractivity contribution in [2.75, 3.05) is 13.2 Å². The van der Waals surface area contributed by atoms with Crippen molar-refractivity contribution >= 4 is 15.5 Å². The summed E-state index contributed by atoms with van der Waals surface area (Å²) in [5, 5.41) is 0. The van der Waals surface area contributed by atoms with E-state index in [1.54, 1.807) is 6.92 Å². The van der Waals surface area contributed by atoms with Gasteiger partial charge in [0, 0.05) is 18.8 Å². The van der Waals surface area contributed by atoms with Crippen LogP contribution in [0.5, 0.6) is 0 Å². The van der Waals surface area contributed by atoms with Crippen LogP contribution >= 0.6 is 0 Å². The summed E-state index contributed by atoms with van der Waals surface area (Å²) in [5.74, 6) is -0.391. The van der Waals surface area contributed by atoms with E-state index in [1.165, 1.54) is 12.8 Å². The molecule has 0 bridgehead atoms. The zero-order valence-electron chi connectivity index (χ0n) is 14.4. The van der Waals surface area contributed by atoms with Gasteiger partial charge in [-0.2, -0.15) is 0 Å². The highest BCUT2D eigenvalue weighted by molar-refractivity contribution is 6.39. The maximum atomic E-state index is 12.0. The second-order valence-corrected chi connectivity index (χ2v) is 7.52. The number of carbonyl (C=O) groups is 1. The molecule has 0 saturated heterocycles. The lowest BCUT2D eigenvalue weighted by atomic mass is 10.3. The van der Waals surface area contributed by atoms with E-state index in [0.717, 1.165) is 12.5 Å². The SMILES string of the molecule is C=C(C)C(=O)OC(OCC)([SiH2]CCCCC)C(C)OCC. The van der Waals surface area contributed by atoms with Crippen LogP contribution in [0.15, 0.2) is 12.2 Å². The molecule has 0 saturated carbocycles. The van der Waals surface area contributed by atoms with Crippen LogP contribution in [0.25, 0.3) is 0 Å². The normalized spacial score (nSPS) is 15.9. The summed E-state index contributed by atoms with van der Waals surface area (Å²) in [6, 6.07) is 1.08. The molecule has 21 heavy (non-hydrogen) atoms. The molecular formula is C16H32O4Si. The van der Waals surface area contributed by atoms with Crippen LogP contribution in [-0.2, 0) is 19.0 Å². The Labute approximate surface area is 132 Å². The Morgan fingerprint density at radius 3 is 2.38 bits per heavy atom. The third kappa shape index (κ3) is 7.25. The molecule has 5 heteroatoms. The quantitative estimate of drug-likeness (QED) is 0.182.